The Bertz CT molecular complexity index is 734. The Labute approximate surface area is 155 Å². The van der Waals surface area contributed by atoms with E-state index in [-0.39, 0.29) is 18.3 Å². The quantitative estimate of drug-likeness (QED) is 0.780. The lowest BCUT2D eigenvalue weighted by atomic mass is 10.1. The van der Waals surface area contributed by atoms with E-state index in [4.69, 9.17) is 4.74 Å². The number of hydrogen-bond acceptors (Lipinski definition) is 4. The molecule has 1 fully saturated rings. The molecule has 1 atom stereocenters. The van der Waals surface area contributed by atoms with Crippen molar-refractivity contribution in [3.05, 3.63) is 64.6 Å². The van der Waals surface area contributed by atoms with Gasteiger partial charge in [-0.05, 0) is 29.8 Å². The van der Waals surface area contributed by atoms with Crippen molar-refractivity contribution in [3.8, 4) is 0 Å². The lowest BCUT2D eigenvalue weighted by molar-refractivity contribution is -0.159. The highest BCUT2D eigenvalue weighted by atomic mass is 79.9. The second kappa shape index (κ2) is 8.27. The summed E-state index contributed by atoms with van der Waals surface area (Å²) in [5.74, 6) is -0.544. The number of esters is 1. The molecule has 0 aliphatic carbocycles. The van der Waals surface area contributed by atoms with Crippen molar-refractivity contribution in [2.45, 2.75) is 19.0 Å². The van der Waals surface area contributed by atoms with E-state index in [1.165, 1.54) is 0 Å². The van der Waals surface area contributed by atoms with Crippen molar-refractivity contribution in [1.29, 1.82) is 0 Å². The second-order valence-electron chi connectivity index (χ2n) is 5.90. The van der Waals surface area contributed by atoms with E-state index in [0.29, 0.717) is 25.4 Å². The number of halogens is 1. The van der Waals surface area contributed by atoms with Crippen LogP contribution in [0.4, 0.5) is 5.69 Å². The fourth-order valence-corrected chi connectivity index (χ4v) is 3.07. The third kappa shape index (κ3) is 4.90. The first kappa shape index (κ1) is 17.6. The molecule has 1 aliphatic heterocycles. The minimum absolute atomic E-state index is 0.0712. The van der Waals surface area contributed by atoms with Gasteiger partial charge in [-0.1, -0.05) is 46.3 Å². The zero-order valence-corrected chi connectivity index (χ0v) is 15.2. The Morgan fingerprint density at radius 1 is 1.16 bits per heavy atom. The molecule has 1 aliphatic rings. The van der Waals surface area contributed by atoms with Crippen molar-refractivity contribution in [3.63, 3.8) is 0 Å². The fourth-order valence-electron chi connectivity index (χ4n) is 2.81. The Hall–Kier alpha value is -2.18. The largest absolute Gasteiger partial charge is 0.463 e. The Kier molecular flexibility index (Phi) is 5.83. The number of carbonyl (C=O) groups excluding carboxylic acids is 2. The second-order valence-corrected chi connectivity index (χ2v) is 6.81. The number of morpholine rings is 1. The van der Waals surface area contributed by atoms with Crippen LogP contribution in [-0.4, -0.2) is 36.0 Å². The zero-order valence-electron chi connectivity index (χ0n) is 13.7. The normalized spacial score (nSPS) is 17.8. The van der Waals surface area contributed by atoms with Gasteiger partial charge in [0.15, 0.2) is 0 Å². The van der Waals surface area contributed by atoms with Crippen LogP contribution in [0.15, 0.2) is 59.1 Å². The highest BCUT2D eigenvalue weighted by molar-refractivity contribution is 9.10. The summed E-state index contributed by atoms with van der Waals surface area (Å²) in [6, 6.07) is 16.7. The van der Waals surface area contributed by atoms with Crippen LogP contribution in [0, 0.1) is 0 Å². The Morgan fingerprint density at radius 3 is 2.60 bits per heavy atom. The van der Waals surface area contributed by atoms with Gasteiger partial charge in [-0.2, -0.15) is 0 Å². The van der Waals surface area contributed by atoms with Gasteiger partial charge in [-0.3, -0.25) is 14.5 Å². The molecule has 0 bridgehead atoms. The predicted molar refractivity (Wildman–Crippen MR) is 99.0 cm³/mol. The Balaban J connectivity index is 1.65. The number of benzene rings is 2. The smallest absolute Gasteiger partial charge is 0.323 e. The van der Waals surface area contributed by atoms with Gasteiger partial charge in [-0.15, -0.1) is 0 Å². The number of rotatable bonds is 5. The molecule has 0 saturated carbocycles. The first-order chi connectivity index (χ1) is 12.1. The molecule has 1 heterocycles. The monoisotopic (exact) mass is 402 g/mol. The number of nitrogens with zero attached hydrogens (tertiary/aromatic N) is 1. The van der Waals surface area contributed by atoms with Crippen LogP contribution in [0.1, 0.15) is 12.0 Å². The van der Waals surface area contributed by atoms with E-state index in [9.17, 15) is 9.59 Å². The van der Waals surface area contributed by atoms with Crippen LogP contribution >= 0.6 is 15.9 Å². The number of hydrogen-bond donors (Lipinski definition) is 1. The summed E-state index contributed by atoms with van der Waals surface area (Å²) >= 11 is 3.36. The van der Waals surface area contributed by atoms with Crippen molar-refractivity contribution in [1.82, 2.24) is 4.90 Å². The zero-order chi connectivity index (χ0) is 17.6. The van der Waals surface area contributed by atoms with Crippen LogP contribution in [0.5, 0.6) is 0 Å². The highest BCUT2D eigenvalue weighted by Crippen LogP contribution is 2.18. The van der Waals surface area contributed by atoms with Crippen LogP contribution < -0.4 is 5.32 Å². The summed E-state index contributed by atoms with van der Waals surface area (Å²) in [6.45, 7) is 1.60. The number of anilines is 1. The van der Waals surface area contributed by atoms with E-state index < -0.39 is 6.04 Å². The number of amides is 1. The number of cyclic esters (lactones) is 1. The number of nitrogens with one attached hydrogen (secondary N) is 1. The first-order valence-electron chi connectivity index (χ1n) is 8.12. The van der Waals surface area contributed by atoms with E-state index >= 15 is 0 Å². The minimum Gasteiger partial charge on any atom is -0.463 e. The summed E-state index contributed by atoms with van der Waals surface area (Å²) in [6.07, 6.45) is 0.0712. The van der Waals surface area contributed by atoms with E-state index in [1.807, 2.05) is 59.5 Å². The van der Waals surface area contributed by atoms with Crippen LogP contribution in [0.2, 0.25) is 0 Å². The standard InChI is InChI=1S/C19H19BrN2O3/c20-15-6-8-16(9-7-15)21-18(23)12-17-19(24)25-11-10-22(17)13-14-4-2-1-3-5-14/h1-9,17H,10-13H2,(H,21,23)/t17-/m0/s1. The molecule has 0 unspecified atom stereocenters. The van der Waals surface area contributed by atoms with Crippen molar-refractivity contribution in [2.75, 3.05) is 18.5 Å². The molecule has 1 saturated heterocycles. The lowest BCUT2D eigenvalue weighted by Gasteiger charge is -2.33. The van der Waals surface area contributed by atoms with Gasteiger partial charge in [0.1, 0.15) is 12.6 Å². The van der Waals surface area contributed by atoms with E-state index in [2.05, 4.69) is 21.2 Å². The molecule has 0 aromatic heterocycles. The number of ether oxygens (including phenoxy) is 1. The molecule has 1 N–H and O–H groups in total. The third-order valence-corrected chi connectivity index (χ3v) is 4.60. The van der Waals surface area contributed by atoms with Gasteiger partial charge in [-0.25, -0.2) is 0 Å². The molecule has 130 valence electrons. The summed E-state index contributed by atoms with van der Waals surface area (Å²) in [5, 5.41) is 2.83. The molecule has 0 radical (unpaired) electrons. The topological polar surface area (TPSA) is 58.6 Å². The van der Waals surface area contributed by atoms with Gasteiger partial charge in [0, 0.05) is 23.2 Å². The maximum atomic E-state index is 12.4. The maximum absolute atomic E-state index is 12.4. The molecule has 25 heavy (non-hydrogen) atoms. The van der Waals surface area contributed by atoms with Gasteiger partial charge < -0.3 is 10.1 Å². The summed E-state index contributed by atoms with van der Waals surface area (Å²) in [7, 11) is 0. The van der Waals surface area contributed by atoms with Crippen molar-refractivity contribution < 1.29 is 14.3 Å². The highest BCUT2D eigenvalue weighted by Gasteiger charge is 2.33. The van der Waals surface area contributed by atoms with Gasteiger partial charge in [0.05, 0.1) is 6.42 Å². The third-order valence-electron chi connectivity index (χ3n) is 4.07. The fraction of sp³-hybridized carbons (Fsp3) is 0.263. The molecular formula is C19H19BrN2O3. The molecule has 2 aromatic rings. The van der Waals surface area contributed by atoms with E-state index in [1.54, 1.807) is 0 Å². The van der Waals surface area contributed by atoms with Crippen LogP contribution in [0.25, 0.3) is 0 Å². The average molecular weight is 403 g/mol. The summed E-state index contributed by atoms with van der Waals surface area (Å²) in [4.78, 5) is 26.5. The average Bonchev–Trinajstić information content (AvgIpc) is 2.61. The first-order valence-corrected chi connectivity index (χ1v) is 8.91. The van der Waals surface area contributed by atoms with Gasteiger partial charge >= 0.3 is 5.97 Å². The van der Waals surface area contributed by atoms with E-state index in [0.717, 1.165) is 10.0 Å². The SMILES string of the molecule is O=C(C[C@H]1C(=O)OCCN1Cc1ccccc1)Nc1ccc(Br)cc1. The number of carbonyl (C=O) groups is 2. The summed E-state index contributed by atoms with van der Waals surface area (Å²) < 4.78 is 6.10. The molecule has 2 aromatic carbocycles. The van der Waals surface area contributed by atoms with Crippen molar-refractivity contribution in [2.24, 2.45) is 0 Å². The molecule has 1 amide bonds. The van der Waals surface area contributed by atoms with Crippen LogP contribution in [-0.2, 0) is 20.9 Å². The van der Waals surface area contributed by atoms with Crippen LogP contribution in [0.3, 0.4) is 0 Å². The molecular weight excluding hydrogens is 384 g/mol. The molecule has 3 rings (SSSR count). The van der Waals surface area contributed by atoms with Gasteiger partial charge in [0.25, 0.3) is 0 Å². The lowest BCUT2D eigenvalue weighted by Crippen LogP contribution is -2.49. The van der Waals surface area contributed by atoms with Gasteiger partial charge in [0.2, 0.25) is 5.91 Å². The minimum atomic E-state index is -0.565. The summed E-state index contributed by atoms with van der Waals surface area (Å²) in [5.41, 5.74) is 1.81. The predicted octanol–water partition coefficient (Wildman–Crippen LogP) is 3.21. The van der Waals surface area contributed by atoms with Crippen molar-refractivity contribution >= 4 is 33.5 Å². The maximum Gasteiger partial charge on any atom is 0.323 e. The Morgan fingerprint density at radius 2 is 1.88 bits per heavy atom. The molecule has 5 nitrogen and oxygen atoms in total. The molecule has 0 spiro atoms. The molecule has 6 heteroatoms.